The maximum atomic E-state index is 6.07. The fraction of sp³-hybridized carbons (Fsp3) is 0.800. The minimum Gasteiger partial charge on any atom is -0.330 e. The van der Waals surface area contributed by atoms with Crippen molar-refractivity contribution in [2.24, 2.45) is 17.1 Å². The van der Waals surface area contributed by atoms with Gasteiger partial charge in [-0.2, -0.15) is 5.10 Å². The van der Waals surface area contributed by atoms with Crippen LogP contribution in [0.4, 0.5) is 0 Å². The Hall–Kier alpha value is -0.830. The molecule has 0 amide bonds. The molecule has 1 fully saturated rings. The van der Waals surface area contributed by atoms with Crippen LogP contribution in [0.1, 0.15) is 58.2 Å². The molecule has 0 spiro atoms. The molecule has 18 heavy (non-hydrogen) atoms. The average Bonchev–Trinajstić information content (AvgIpc) is 2.97. The Kier molecular flexibility index (Phi) is 4.10. The lowest BCUT2D eigenvalue weighted by Crippen LogP contribution is -2.30. The van der Waals surface area contributed by atoms with Crippen molar-refractivity contribution in [2.75, 3.05) is 6.54 Å². The van der Waals surface area contributed by atoms with Gasteiger partial charge in [0.05, 0.1) is 5.69 Å². The van der Waals surface area contributed by atoms with Gasteiger partial charge >= 0.3 is 0 Å². The topological polar surface area (TPSA) is 43.8 Å². The summed E-state index contributed by atoms with van der Waals surface area (Å²) in [4.78, 5) is 0. The van der Waals surface area contributed by atoms with Crippen molar-refractivity contribution in [3.8, 4) is 0 Å². The average molecular weight is 249 g/mol. The Morgan fingerprint density at radius 2 is 2.33 bits per heavy atom. The van der Waals surface area contributed by atoms with Crippen LogP contribution in [0.3, 0.4) is 0 Å². The zero-order chi connectivity index (χ0) is 13.2. The summed E-state index contributed by atoms with van der Waals surface area (Å²) in [5.74, 6) is 0.876. The first-order valence-corrected chi connectivity index (χ1v) is 7.32. The monoisotopic (exact) mass is 249 g/mol. The summed E-state index contributed by atoms with van der Waals surface area (Å²) in [7, 11) is 0. The molecule has 0 saturated heterocycles. The van der Waals surface area contributed by atoms with Crippen molar-refractivity contribution in [1.82, 2.24) is 9.78 Å². The van der Waals surface area contributed by atoms with Crippen LogP contribution in [0.25, 0.3) is 0 Å². The fourth-order valence-corrected chi connectivity index (χ4v) is 3.24. The zero-order valence-corrected chi connectivity index (χ0v) is 12.0. The van der Waals surface area contributed by atoms with E-state index in [1.165, 1.54) is 31.4 Å². The molecular weight excluding hydrogens is 222 g/mol. The van der Waals surface area contributed by atoms with Gasteiger partial charge in [-0.1, -0.05) is 13.3 Å². The van der Waals surface area contributed by atoms with Crippen LogP contribution < -0.4 is 5.73 Å². The lowest BCUT2D eigenvalue weighted by molar-refractivity contribution is 0.286. The van der Waals surface area contributed by atoms with Crippen LogP contribution in [-0.4, -0.2) is 16.3 Å². The van der Waals surface area contributed by atoms with E-state index in [4.69, 9.17) is 5.73 Å². The van der Waals surface area contributed by atoms with E-state index in [-0.39, 0.29) is 0 Å². The molecule has 1 aromatic rings. The molecule has 1 aliphatic rings. The molecule has 2 rings (SSSR count). The first-order valence-electron chi connectivity index (χ1n) is 7.32. The number of nitrogens with two attached hydrogens (primary N) is 1. The van der Waals surface area contributed by atoms with Gasteiger partial charge in [0.2, 0.25) is 0 Å². The van der Waals surface area contributed by atoms with Crippen LogP contribution in [0.2, 0.25) is 0 Å². The minimum atomic E-state index is 0.316. The largest absolute Gasteiger partial charge is 0.330 e. The summed E-state index contributed by atoms with van der Waals surface area (Å²) in [6.07, 6.45) is 8.35. The lowest BCUT2D eigenvalue weighted by Gasteiger charge is -2.27. The van der Waals surface area contributed by atoms with Crippen molar-refractivity contribution in [3.63, 3.8) is 0 Å². The summed E-state index contributed by atoms with van der Waals surface area (Å²) in [6.45, 7) is 7.43. The van der Waals surface area contributed by atoms with Gasteiger partial charge in [-0.3, -0.25) is 4.68 Å². The smallest absolute Gasteiger partial charge is 0.0630 e. The van der Waals surface area contributed by atoms with E-state index in [2.05, 4.69) is 38.1 Å². The number of hydrogen-bond acceptors (Lipinski definition) is 2. The van der Waals surface area contributed by atoms with E-state index in [1.54, 1.807) is 0 Å². The van der Waals surface area contributed by atoms with Gasteiger partial charge in [0.15, 0.2) is 0 Å². The molecule has 0 aromatic carbocycles. The Labute approximate surface area is 111 Å². The molecule has 1 saturated carbocycles. The highest BCUT2D eigenvalue weighted by Crippen LogP contribution is 2.44. The first kappa shape index (κ1) is 13.6. The van der Waals surface area contributed by atoms with Crippen LogP contribution in [0.15, 0.2) is 12.3 Å². The Bertz CT molecular complexity index is 383. The summed E-state index contributed by atoms with van der Waals surface area (Å²) in [6, 6.07) is 2.61. The number of rotatable bonds is 5. The number of aromatic nitrogens is 2. The Morgan fingerprint density at radius 1 is 1.56 bits per heavy atom. The summed E-state index contributed by atoms with van der Waals surface area (Å²) >= 11 is 0. The molecule has 0 aliphatic heterocycles. The summed E-state index contributed by atoms with van der Waals surface area (Å²) < 4.78 is 2.05. The second-order valence-electron chi connectivity index (χ2n) is 6.28. The number of nitrogens with zero attached hydrogens (tertiary/aromatic N) is 2. The molecule has 2 N–H and O–H groups in total. The summed E-state index contributed by atoms with van der Waals surface area (Å²) in [5, 5.41) is 4.68. The normalized spacial score (nSPS) is 28.2. The van der Waals surface area contributed by atoms with Gasteiger partial charge in [0.1, 0.15) is 0 Å². The van der Waals surface area contributed by atoms with Gasteiger partial charge < -0.3 is 5.73 Å². The van der Waals surface area contributed by atoms with Gasteiger partial charge in [0.25, 0.3) is 0 Å². The molecule has 1 aromatic heterocycles. The molecule has 3 heteroatoms. The third-order valence-corrected chi connectivity index (χ3v) is 4.56. The van der Waals surface area contributed by atoms with Gasteiger partial charge in [-0.05, 0) is 63.5 Å². The molecule has 2 unspecified atom stereocenters. The van der Waals surface area contributed by atoms with E-state index >= 15 is 0 Å². The molecular formula is C15H27N3. The van der Waals surface area contributed by atoms with E-state index in [0.29, 0.717) is 11.5 Å². The van der Waals surface area contributed by atoms with E-state index < -0.39 is 0 Å². The highest BCUT2D eigenvalue weighted by molar-refractivity contribution is 5.06. The quantitative estimate of drug-likeness (QED) is 0.871. The van der Waals surface area contributed by atoms with Crippen LogP contribution in [-0.2, 0) is 6.42 Å². The standard InChI is InChI=1S/C15H27N3/c1-4-13-5-7-15(9-13,11-16)10-14-6-8-18(17-14)12(2)3/h6,8,12-13H,4-5,7,9-11,16H2,1-3H3. The predicted octanol–water partition coefficient (Wildman–Crippen LogP) is 3.16. The SMILES string of the molecule is CCC1CCC(CN)(Cc2ccn(C(C)C)n2)C1. The molecule has 0 radical (unpaired) electrons. The fourth-order valence-electron chi connectivity index (χ4n) is 3.24. The Morgan fingerprint density at radius 3 is 2.83 bits per heavy atom. The van der Waals surface area contributed by atoms with Gasteiger partial charge in [-0.25, -0.2) is 0 Å². The Balaban J connectivity index is 2.06. The molecule has 2 atom stereocenters. The van der Waals surface area contributed by atoms with E-state index in [9.17, 15) is 0 Å². The number of hydrogen-bond donors (Lipinski definition) is 1. The second-order valence-corrected chi connectivity index (χ2v) is 6.28. The molecule has 1 aliphatic carbocycles. The van der Waals surface area contributed by atoms with Gasteiger partial charge in [-0.15, -0.1) is 0 Å². The summed E-state index contributed by atoms with van der Waals surface area (Å²) in [5.41, 5.74) is 7.60. The van der Waals surface area contributed by atoms with Crippen molar-refractivity contribution in [1.29, 1.82) is 0 Å². The maximum Gasteiger partial charge on any atom is 0.0630 e. The highest BCUT2D eigenvalue weighted by Gasteiger charge is 2.37. The third-order valence-electron chi connectivity index (χ3n) is 4.56. The van der Waals surface area contributed by atoms with Crippen molar-refractivity contribution >= 4 is 0 Å². The minimum absolute atomic E-state index is 0.316. The van der Waals surface area contributed by atoms with Crippen LogP contribution >= 0.6 is 0 Å². The zero-order valence-electron chi connectivity index (χ0n) is 12.0. The van der Waals surface area contributed by atoms with E-state index in [0.717, 1.165) is 18.9 Å². The lowest BCUT2D eigenvalue weighted by atomic mass is 9.80. The molecule has 3 nitrogen and oxygen atoms in total. The molecule has 1 heterocycles. The van der Waals surface area contributed by atoms with Crippen molar-refractivity contribution < 1.29 is 0 Å². The first-order chi connectivity index (χ1) is 8.58. The third kappa shape index (κ3) is 2.77. The second kappa shape index (κ2) is 5.43. The maximum absolute atomic E-state index is 6.07. The van der Waals surface area contributed by atoms with Crippen LogP contribution in [0.5, 0.6) is 0 Å². The molecule has 102 valence electrons. The van der Waals surface area contributed by atoms with Crippen molar-refractivity contribution in [2.45, 2.75) is 58.9 Å². The predicted molar refractivity (Wildman–Crippen MR) is 75.4 cm³/mol. The van der Waals surface area contributed by atoms with Crippen LogP contribution in [0, 0.1) is 11.3 Å². The van der Waals surface area contributed by atoms with E-state index in [1.807, 2.05) is 4.68 Å². The molecule has 0 bridgehead atoms. The van der Waals surface area contributed by atoms with Gasteiger partial charge in [0, 0.05) is 12.2 Å². The highest BCUT2D eigenvalue weighted by atomic mass is 15.3. The van der Waals surface area contributed by atoms with Crippen molar-refractivity contribution in [3.05, 3.63) is 18.0 Å².